The zero-order valence-corrected chi connectivity index (χ0v) is 13.2. The average molecular weight is 282 g/mol. The molecule has 2 saturated heterocycles. The van der Waals surface area contributed by atoms with Gasteiger partial charge in [-0.1, -0.05) is 26.2 Å². The van der Waals surface area contributed by atoms with Crippen LogP contribution in [0.1, 0.15) is 71.1 Å². The third-order valence-electron chi connectivity index (χ3n) is 5.12. The summed E-state index contributed by atoms with van der Waals surface area (Å²) in [5.41, 5.74) is 0. The minimum Gasteiger partial charge on any atom is -0.465 e. The van der Waals surface area contributed by atoms with E-state index in [9.17, 15) is 4.79 Å². The van der Waals surface area contributed by atoms with Crippen LogP contribution in [0.3, 0.4) is 0 Å². The van der Waals surface area contributed by atoms with Crippen molar-refractivity contribution < 1.29 is 14.4 Å². The van der Waals surface area contributed by atoms with Gasteiger partial charge in [-0.25, -0.2) is 0 Å². The lowest BCUT2D eigenvalue weighted by Crippen LogP contribution is -3.18. The number of quaternary nitrogens is 1. The van der Waals surface area contributed by atoms with Crippen LogP contribution in [-0.2, 0) is 9.53 Å². The standard InChI is InChI=1S/C17H31NO2/c1-2-3-4-5-11-17(19)20-14-15-9-8-13-18-12-7-6-10-16(15)18/h15-16H,2-14H2,1H3/p+1/t15-,16+/m0/s1. The number of carbonyl (C=O) groups is 1. The fraction of sp³-hybridized carbons (Fsp3) is 0.941. The number of hydrogen-bond donors (Lipinski definition) is 1. The van der Waals surface area contributed by atoms with E-state index in [0.29, 0.717) is 18.9 Å². The molecule has 2 aliphatic heterocycles. The first-order valence-corrected chi connectivity index (χ1v) is 8.81. The summed E-state index contributed by atoms with van der Waals surface area (Å²) in [4.78, 5) is 13.6. The van der Waals surface area contributed by atoms with Crippen molar-refractivity contribution in [3.63, 3.8) is 0 Å². The maximum atomic E-state index is 11.8. The zero-order valence-electron chi connectivity index (χ0n) is 13.2. The molecule has 2 rings (SSSR count). The molecule has 1 unspecified atom stereocenters. The first-order chi connectivity index (χ1) is 9.81. The van der Waals surface area contributed by atoms with Gasteiger partial charge >= 0.3 is 5.97 Å². The second kappa shape index (κ2) is 8.66. The fourth-order valence-corrected chi connectivity index (χ4v) is 3.95. The molecule has 3 nitrogen and oxygen atoms in total. The minimum absolute atomic E-state index is 0.0315. The first-order valence-electron chi connectivity index (χ1n) is 8.81. The van der Waals surface area contributed by atoms with E-state index < -0.39 is 0 Å². The van der Waals surface area contributed by atoms with Crippen LogP contribution in [0.2, 0.25) is 0 Å². The summed E-state index contributed by atoms with van der Waals surface area (Å²) >= 11 is 0. The Morgan fingerprint density at radius 3 is 2.80 bits per heavy atom. The molecule has 20 heavy (non-hydrogen) atoms. The van der Waals surface area contributed by atoms with Crippen molar-refractivity contribution in [1.82, 2.24) is 0 Å². The highest BCUT2D eigenvalue weighted by Gasteiger charge is 2.36. The maximum absolute atomic E-state index is 11.8. The molecule has 0 aliphatic carbocycles. The van der Waals surface area contributed by atoms with Gasteiger partial charge in [0.15, 0.2) is 0 Å². The predicted octanol–water partition coefficient (Wildman–Crippen LogP) is 2.35. The summed E-state index contributed by atoms with van der Waals surface area (Å²) < 4.78 is 5.56. The second-order valence-electron chi connectivity index (χ2n) is 6.66. The summed E-state index contributed by atoms with van der Waals surface area (Å²) in [6.45, 7) is 5.55. The number of rotatable bonds is 7. The largest absolute Gasteiger partial charge is 0.465 e. The Morgan fingerprint density at radius 2 is 1.95 bits per heavy atom. The molecule has 116 valence electrons. The van der Waals surface area contributed by atoms with Crippen molar-refractivity contribution in [2.24, 2.45) is 5.92 Å². The molecule has 0 spiro atoms. The van der Waals surface area contributed by atoms with Crippen molar-refractivity contribution in [2.45, 2.75) is 77.2 Å². The van der Waals surface area contributed by atoms with E-state index in [1.165, 1.54) is 58.0 Å². The van der Waals surface area contributed by atoms with Gasteiger partial charge < -0.3 is 9.64 Å². The van der Waals surface area contributed by atoms with Crippen LogP contribution in [0, 0.1) is 5.92 Å². The molecule has 3 heteroatoms. The molecular weight excluding hydrogens is 250 g/mol. The van der Waals surface area contributed by atoms with Gasteiger partial charge in [0.2, 0.25) is 0 Å². The Balaban J connectivity index is 1.65. The van der Waals surface area contributed by atoms with Crippen LogP contribution in [0.25, 0.3) is 0 Å². The van der Waals surface area contributed by atoms with E-state index in [1.807, 2.05) is 0 Å². The van der Waals surface area contributed by atoms with E-state index in [4.69, 9.17) is 4.74 Å². The molecule has 2 fully saturated rings. The molecular formula is C17H32NO2+. The summed E-state index contributed by atoms with van der Waals surface area (Å²) in [5, 5.41) is 0. The second-order valence-corrected chi connectivity index (χ2v) is 6.66. The Labute approximate surface area is 124 Å². The zero-order chi connectivity index (χ0) is 14.2. The molecule has 3 atom stereocenters. The average Bonchev–Trinajstić information content (AvgIpc) is 2.49. The quantitative estimate of drug-likeness (QED) is 0.574. The van der Waals surface area contributed by atoms with Crippen LogP contribution in [0.15, 0.2) is 0 Å². The number of hydrogen-bond acceptors (Lipinski definition) is 2. The number of carbonyl (C=O) groups excluding carboxylic acids is 1. The van der Waals surface area contributed by atoms with Gasteiger partial charge in [-0.3, -0.25) is 4.79 Å². The third-order valence-corrected chi connectivity index (χ3v) is 5.12. The van der Waals surface area contributed by atoms with Crippen LogP contribution in [0.5, 0.6) is 0 Å². The van der Waals surface area contributed by atoms with E-state index >= 15 is 0 Å². The Bertz CT molecular complexity index is 291. The Kier molecular flexibility index (Phi) is 6.85. The normalized spacial score (nSPS) is 29.8. The summed E-state index contributed by atoms with van der Waals surface area (Å²) in [6, 6.07) is 0.769. The Hall–Kier alpha value is -0.570. The molecule has 0 bridgehead atoms. The van der Waals surface area contributed by atoms with E-state index in [0.717, 1.165) is 18.9 Å². The van der Waals surface area contributed by atoms with Crippen LogP contribution in [-0.4, -0.2) is 31.7 Å². The molecule has 1 N–H and O–H groups in total. The highest BCUT2D eigenvalue weighted by Crippen LogP contribution is 2.20. The lowest BCUT2D eigenvalue weighted by Gasteiger charge is -2.41. The lowest BCUT2D eigenvalue weighted by atomic mass is 9.84. The van der Waals surface area contributed by atoms with Crippen molar-refractivity contribution in [3.8, 4) is 0 Å². The van der Waals surface area contributed by atoms with Gasteiger partial charge in [0, 0.05) is 12.3 Å². The van der Waals surface area contributed by atoms with Crippen molar-refractivity contribution >= 4 is 5.97 Å². The minimum atomic E-state index is 0.0315. The SMILES string of the molecule is CCCCCCC(=O)OC[C@@H]1CCC[NH+]2CCCC[C@H]12. The van der Waals surface area contributed by atoms with Crippen LogP contribution >= 0.6 is 0 Å². The van der Waals surface area contributed by atoms with Gasteiger partial charge in [0.1, 0.15) is 0 Å². The smallest absolute Gasteiger partial charge is 0.305 e. The van der Waals surface area contributed by atoms with Gasteiger partial charge in [0.25, 0.3) is 0 Å². The van der Waals surface area contributed by atoms with E-state index in [2.05, 4.69) is 6.92 Å². The van der Waals surface area contributed by atoms with Crippen LogP contribution < -0.4 is 4.90 Å². The number of ether oxygens (including phenoxy) is 1. The van der Waals surface area contributed by atoms with Gasteiger partial charge in [0.05, 0.1) is 25.7 Å². The summed E-state index contributed by atoms with van der Waals surface area (Å²) in [7, 11) is 0. The summed E-state index contributed by atoms with van der Waals surface area (Å²) in [5.74, 6) is 0.655. The highest BCUT2D eigenvalue weighted by molar-refractivity contribution is 5.69. The topological polar surface area (TPSA) is 30.7 Å². The molecule has 0 aromatic heterocycles. The third kappa shape index (κ3) is 4.76. The maximum Gasteiger partial charge on any atom is 0.305 e. The number of unbranched alkanes of at least 4 members (excludes halogenated alkanes) is 3. The first kappa shape index (κ1) is 15.8. The monoisotopic (exact) mass is 282 g/mol. The molecule has 0 amide bonds. The van der Waals surface area contributed by atoms with Gasteiger partial charge in [-0.15, -0.1) is 0 Å². The molecule has 0 aromatic carbocycles. The highest BCUT2D eigenvalue weighted by atomic mass is 16.5. The van der Waals surface area contributed by atoms with Gasteiger partial charge in [-0.2, -0.15) is 0 Å². The fourth-order valence-electron chi connectivity index (χ4n) is 3.95. The Morgan fingerprint density at radius 1 is 1.10 bits per heavy atom. The van der Waals surface area contributed by atoms with Gasteiger partial charge in [-0.05, 0) is 38.5 Å². The molecule has 2 heterocycles. The predicted molar refractivity (Wildman–Crippen MR) is 80.8 cm³/mol. The molecule has 0 saturated carbocycles. The number of piperidine rings is 2. The number of nitrogens with one attached hydrogen (secondary N) is 1. The van der Waals surface area contributed by atoms with E-state index in [-0.39, 0.29) is 5.97 Å². The number of esters is 1. The molecule has 0 aromatic rings. The molecule has 2 aliphatic rings. The van der Waals surface area contributed by atoms with E-state index in [1.54, 1.807) is 4.90 Å². The molecule has 0 radical (unpaired) electrons. The van der Waals surface area contributed by atoms with Crippen molar-refractivity contribution in [3.05, 3.63) is 0 Å². The number of fused-ring (bicyclic) bond motifs is 1. The van der Waals surface area contributed by atoms with Crippen molar-refractivity contribution in [1.29, 1.82) is 0 Å². The summed E-state index contributed by atoms with van der Waals surface area (Å²) in [6.07, 6.45) is 11.9. The lowest BCUT2D eigenvalue weighted by molar-refractivity contribution is -0.940. The van der Waals surface area contributed by atoms with Crippen molar-refractivity contribution in [2.75, 3.05) is 19.7 Å². The van der Waals surface area contributed by atoms with Crippen LogP contribution in [0.4, 0.5) is 0 Å².